The number of benzene rings is 4. The molecule has 1 amide bonds. The maximum atomic E-state index is 12.4. The van der Waals surface area contributed by atoms with E-state index in [9.17, 15) is 25.1 Å². The highest BCUT2D eigenvalue weighted by Crippen LogP contribution is 2.56. The molecule has 0 saturated heterocycles. The number of carbonyl (C=O) groups excluding carboxylic acids is 1. The van der Waals surface area contributed by atoms with E-state index in [1.54, 1.807) is 0 Å². The van der Waals surface area contributed by atoms with Crippen LogP contribution in [0, 0.1) is 10.1 Å². The van der Waals surface area contributed by atoms with Crippen LogP contribution in [0.1, 0.15) is 102 Å². The minimum absolute atomic E-state index is 0.0805. The second kappa shape index (κ2) is 22.1. The Bertz CT molecular complexity index is 1460. The molecule has 4 rings (SSSR count). The van der Waals surface area contributed by atoms with E-state index in [2.05, 4.69) is 96.3 Å². The van der Waals surface area contributed by atoms with Gasteiger partial charge in [-0.1, -0.05) is 119 Å². The van der Waals surface area contributed by atoms with Crippen molar-refractivity contribution in [3.05, 3.63) is 131 Å². The number of carbonyl (C=O) groups is 1. The van der Waals surface area contributed by atoms with Gasteiger partial charge in [-0.15, -0.1) is 0 Å². The number of rotatable bonds is 24. The molecule has 0 saturated carbocycles. The lowest BCUT2D eigenvalue weighted by Gasteiger charge is -2.27. The Balaban J connectivity index is 1.05. The van der Waals surface area contributed by atoms with Crippen molar-refractivity contribution in [3.8, 4) is 0 Å². The number of non-ortho nitro benzene ring substituents is 1. The van der Waals surface area contributed by atoms with Crippen molar-refractivity contribution >= 4 is 34.8 Å². The molecule has 0 aliphatic rings. The van der Waals surface area contributed by atoms with Crippen LogP contribution in [0.5, 0.6) is 0 Å². The summed E-state index contributed by atoms with van der Waals surface area (Å²) in [4.78, 5) is 22.7. The highest BCUT2D eigenvalue weighted by Gasteiger charge is 2.44. The molecule has 4 aromatic carbocycles. The standard InChI is InChI=1S/C43H55N2O5P/c46-35-41(43(48)36-30-32-37(33-31-36)45(49)50)44-42(47)29-21-10-8-6-4-2-1-3-5-7-9-11-22-34-51(38-23-15-12-16-24-38,39-25-17-13-18-26-39)40-27-19-14-20-28-40/h12-20,23-28,30-33,41,43,46,48H,1-11,21-22,29,34-35H2/p+1. The van der Waals surface area contributed by atoms with E-state index in [0.29, 0.717) is 12.0 Å². The lowest BCUT2D eigenvalue weighted by atomic mass is 10.0. The van der Waals surface area contributed by atoms with Gasteiger partial charge < -0.3 is 15.5 Å². The smallest absolute Gasteiger partial charge is 0.269 e. The number of nitrogens with one attached hydrogen (secondary N) is 1. The Morgan fingerprint density at radius 1 is 0.608 bits per heavy atom. The fourth-order valence-electron chi connectivity index (χ4n) is 6.99. The number of aliphatic hydroxyl groups is 2. The summed E-state index contributed by atoms with van der Waals surface area (Å²) in [6.45, 7) is -0.427. The van der Waals surface area contributed by atoms with Gasteiger partial charge in [-0.25, -0.2) is 0 Å². The first-order valence-corrected chi connectivity index (χ1v) is 20.8. The van der Waals surface area contributed by atoms with Gasteiger partial charge in [-0.3, -0.25) is 14.9 Å². The van der Waals surface area contributed by atoms with Crippen LogP contribution in [0.3, 0.4) is 0 Å². The van der Waals surface area contributed by atoms with E-state index in [-0.39, 0.29) is 11.6 Å². The lowest BCUT2D eigenvalue weighted by Crippen LogP contribution is -2.41. The Hall–Kier alpha value is -3.90. The molecule has 7 nitrogen and oxygen atoms in total. The maximum Gasteiger partial charge on any atom is 0.269 e. The average molecular weight is 712 g/mol. The van der Waals surface area contributed by atoms with Crippen LogP contribution in [0.25, 0.3) is 0 Å². The van der Waals surface area contributed by atoms with Crippen molar-refractivity contribution < 1.29 is 19.9 Å². The molecule has 0 aliphatic carbocycles. The molecule has 0 spiro atoms. The molecular formula is C43H56N2O5P+. The monoisotopic (exact) mass is 711 g/mol. The second-order valence-corrected chi connectivity index (χ2v) is 17.2. The molecule has 0 heterocycles. The quantitative estimate of drug-likeness (QED) is 0.0292. The average Bonchev–Trinajstić information content (AvgIpc) is 3.17. The van der Waals surface area contributed by atoms with E-state index in [1.807, 2.05) is 0 Å². The summed E-state index contributed by atoms with van der Waals surface area (Å²) in [6.07, 6.45) is 15.9. The van der Waals surface area contributed by atoms with E-state index in [4.69, 9.17) is 0 Å². The number of nitro groups is 1. The Morgan fingerprint density at radius 3 is 1.39 bits per heavy atom. The molecule has 0 aliphatic heterocycles. The van der Waals surface area contributed by atoms with Crippen LogP contribution in [-0.2, 0) is 4.79 Å². The molecule has 2 atom stereocenters. The summed E-state index contributed by atoms with van der Waals surface area (Å²) in [5.41, 5.74) is 0.327. The molecule has 0 fully saturated rings. The molecule has 0 aromatic heterocycles. The zero-order valence-electron chi connectivity index (χ0n) is 30.0. The summed E-state index contributed by atoms with van der Waals surface area (Å²) >= 11 is 0. The minimum Gasteiger partial charge on any atom is -0.394 e. The molecule has 2 unspecified atom stereocenters. The van der Waals surface area contributed by atoms with Gasteiger partial charge in [0.05, 0.1) is 23.7 Å². The molecule has 8 heteroatoms. The van der Waals surface area contributed by atoms with Gasteiger partial charge in [0.1, 0.15) is 29.3 Å². The lowest BCUT2D eigenvalue weighted by molar-refractivity contribution is -0.384. The predicted octanol–water partition coefficient (Wildman–Crippen LogP) is 8.56. The summed E-state index contributed by atoms with van der Waals surface area (Å²) in [5.74, 6) is -0.209. The van der Waals surface area contributed by atoms with Crippen molar-refractivity contribution in [1.82, 2.24) is 5.32 Å². The zero-order valence-corrected chi connectivity index (χ0v) is 30.8. The fourth-order valence-corrected chi connectivity index (χ4v) is 11.4. The Kier molecular flexibility index (Phi) is 17.3. The molecule has 51 heavy (non-hydrogen) atoms. The molecule has 4 aromatic rings. The van der Waals surface area contributed by atoms with Gasteiger partial charge in [0.15, 0.2) is 0 Å². The van der Waals surface area contributed by atoms with Crippen LogP contribution in [0.2, 0.25) is 0 Å². The third-order valence-corrected chi connectivity index (χ3v) is 14.4. The zero-order chi connectivity index (χ0) is 36.2. The van der Waals surface area contributed by atoms with E-state index in [0.717, 1.165) is 19.3 Å². The SMILES string of the molecule is O=C(CCCCCCCCCCCCCCC[P+](c1ccccc1)(c1ccccc1)c1ccccc1)NC(CO)C(O)c1ccc([N+](=O)[O-])cc1. The first-order chi connectivity index (χ1) is 25.0. The highest BCUT2D eigenvalue weighted by molar-refractivity contribution is 7.95. The third kappa shape index (κ3) is 12.4. The second-order valence-electron chi connectivity index (χ2n) is 13.5. The fraction of sp³-hybridized carbons (Fsp3) is 0.419. The van der Waals surface area contributed by atoms with Crippen LogP contribution in [0.4, 0.5) is 5.69 Å². The normalized spacial score (nSPS) is 12.7. The van der Waals surface area contributed by atoms with Crippen LogP contribution >= 0.6 is 7.26 Å². The number of nitrogens with zero attached hydrogens (tertiary/aromatic N) is 1. The van der Waals surface area contributed by atoms with Crippen LogP contribution < -0.4 is 21.2 Å². The summed E-state index contributed by atoms with van der Waals surface area (Å²) in [7, 11) is -1.72. The maximum absolute atomic E-state index is 12.4. The number of amides is 1. The summed E-state index contributed by atoms with van der Waals surface area (Å²) < 4.78 is 0. The van der Waals surface area contributed by atoms with Crippen molar-refractivity contribution in [2.24, 2.45) is 0 Å². The van der Waals surface area contributed by atoms with E-state index in [1.165, 1.54) is 111 Å². The predicted molar refractivity (Wildman–Crippen MR) is 212 cm³/mol. The van der Waals surface area contributed by atoms with Gasteiger partial charge in [-0.05, 0) is 73.4 Å². The number of nitro benzene ring substituents is 1. The molecule has 0 radical (unpaired) electrons. The number of hydrogen-bond donors (Lipinski definition) is 3. The van der Waals surface area contributed by atoms with E-state index < -0.39 is 30.9 Å². The summed E-state index contributed by atoms with van der Waals surface area (Å²) in [6, 6.07) is 38.2. The van der Waals surface area contributed by atoms with Gasteiger partial charge in [-0.2, -0.15) is 0 Å². The Labute approximate surface area is 305 Å². The minimum atomic E-state index is -1.72. The highest BCUT2D eigenvalue weighted by atomic mass is 31.2. The molecule has 0 bridgehead atoms. The van der Waals surface area contributed by atoms with Gasteiger partial charge in [0, 0.05) is 18.6 Å². The van der Waals surface area contributed by atoms with Crippen molar-refractivity contribution in [2.45, 2.75) is 102 Å². The Morgan fingerprint density at radius 2 is 1.00 bits per heavy atom. The van der Waals surface area contributed by atoms with Crippen LogP contribution in [-0.4, -0.2) is 39.9 Å². The topological polar surface area (TPSA) is 113 Å². The van der Waals surface area contributed by atoms with Crippen molar-refractivity contribution in [1.29, 1.82) is 0 Å². The first-order valence-electron chi connectivity index (χ1n) is 18.8. The molecule has 272 valence electrons. The summed E-state index contributed by atoms with van der Waals surface area (Å²) in [5, 5.41) is 38.2. The van der Waals surface area contributed by atoms with Gasteiger partial charge >= 0.3 is 0 Å². The largest absolute Gasteiger partial charge is 0.394 e. The number of unbranched alkanes of at least 4 members (excludes halogenated alkanes) is 12. The first kappa shape index (κ1) is 39.9. The van der Waals surface area contributed by atoms with Crippen molar-refractivity contribution in [2.75, 3.05) is 12.8 Å². The van der Waals surface area contributed by atoms with Gasteiger partial charge in [0.2, 0.25) is 5.91 Å². The van der Waals surface area contributed by atoms with Crippen LogP contribution in [0.15, 0.2) is 115 Å². The third-order valence-electron chi connectivity index (χ3n) is 9.86. The number of hydrogen-bond acceptors (Lipinski definition) is 5. The van der Waals surface area contributed by atoms with Gasteiger partial charge in [0.25, 0.3) is 5.69 Å². The molecule has 3 N–H and O–H groups in total. The number of aliphatic hydroxyl groups excluding tert-OH is 2. The van der Waals surface area contributed by atoms with Crippen molar-refractivity contribution in [3.63, 3.8) is 0 Å². The van der Waals surface area contributed by atoms with E-state index >= 15 is 0 Å². The molecular weight excluding hydrogens is 655 g/mol.